The van der Waals surface area contributed by atoms with E-state index in [0.29, 0.717) is 0 Å². The van der Waals surface area contributed by atoms with Crippen LogP contribution in [0.15, 0.2) is 0 Å². The molecule has 4 saturated heterocycles. The van der Waals surface area contributed by atoms with Gasteiger partial charge in [-0.15, -0.1) is 0 Å². The predicted molar refractivity (Wildman–Crippen MR) is 481 cm³/mol. The van der Waals surface area contributed by atoms with Gasteiger partial charge in [-0.3, -0.25) is 160 Å². The van der Waals surface area contributed by atoms with Crippen molar-refractivity contribution in [3.8, 4) is 0 Å². The van der Waals surface area contributed by atoms with Crippen molar-refractivity contribution in [2.24, 2.45) is 29.1 Å². The number of ketones is 6. The topological polar surface area (TPSA) is 660 Å². The molecule has 0 saturated carbocycles. The second-order valence-electron chi connectivity index (χ2n) is 36.5. The van der Waals surface area contributed by atoms with Gasteiger partial charge in [0.1, 0.15) is 34.7 Å². The van der Waals surface area contributed by atoms with Crippen molar-refractivity contribution in [3.63, 3.8) is 0 Å². The molecule has 4 aliphatic heterocycles. The second kappa shape index (κ2) is 71.5. The second-order valence-corrected chi connectivity index (χ2v) is 36.5. The first kappa shape index (κ1) is 132. The predicted octanol–water partition coefficient (Wildman–Crippen LogP) is -11.5. The largest absolute Gasteiger partial charge is 3.00 e. The number of carboxylic acid groups (broad SMARTS) is 11. The Bertz CT molecular complexity index is 3400. The molecule has 50 nitrogen and oxygen atoms in total. The molecule has 791 valence electrons. The minimum absolute atomic E-state index is 0. The molecular formula is C87H144Gd3N19O31+6. The van der Waals surface area contributed by atoms with Crippen LogP contribution in [0, 0.1) is 149 Å². The minimum Gasteiger partial charge on any atom is -0.549 e. The van der Waals surface area contributed by atoms with E-state index in [9.17, 15) is 152 Å². The summed E-state index contributed by atoms with van der Waals surface area (Å²) < 4.78 is 0. The molecule has 4 heterocycles. The molecule has 0 spiro atoms. The van der Waals surface area contributed by atoms with Crippen LogP contribution in [0.2, 0.25) is 0 Å². The first-order valence-electron chi connectivity index (χ1n) is 46.4. The van der Waals surface area contributed by atoms with E-state index >= 15 is 0 Å². The standard InChI is InChI=1S/C87H147N19O31.3Gd/c1-63(69(109)45-92-10-22-98(51-78(120)121)28-34-104(57-84(132)133)35-29-99(23-11-92)52-79(122)123)40-68(108)6-7-87(60-88-73(113)41-64(2)70(110)46-93-12-20-96(49-76(116)117)18-8-91(44-67(5)107)9-19-97(21-13-93)50-77(118)119,61-89-74(114)42-65(3)71(111)47-94-14-24-100(53-80(124)125)30-36-105(58-85(134)135)37-31-101(25-15-94)54-81(126)127)62-90-75(115)43-66(4)72(112)48-95-16-26-102(55-82(128)129)32-38-106(59-86(136)137)39-33-103(27-17-95)56-83(130)131;;;/h63-66H,6-62H2,1-5H3,(H,88,113)(H,89,114)(H,90,115)(H,116,117)(H,118,119)(H,120,121)(H,122,123)(H,124,125)(H,126,127)(H,128,129)(H,130,131)(H,132,133)(H,134,135)(H,136,137);;;/q;3*+3/p-3. The zero-order valence-corrected chi connectivity index (χ0v) is 87.6. The van der Waals surface area contributed by atoms with Crippen molar-refractivity contribution >= 4 is 118 Å². The summed E-state index contributed by atoms with van der Waals surface area (Å²) in [4.78, 5) is 287. The van der Waals surface area contributed by atoms with Crippen LogP contribution < -0.4 is 31.3 Å². The number of carbonyl (C=O) groups is 20. The van der Waals surface area contributed by atoms with E-state index < -0.39 is 265 Å². The Morgan fingerprint density at radius 2 is 0.379 bits per heavy atom. The molecule has 3 radical (unpaired) electrons. The number of hydrogen-bond acceptors (Lipinski definition) is 39. The zero-order valence-electron chi connectivity index (χ0n) is 80.8. The molecule has 4 aliphatic rings. The average Bonchev–Trinajstić information content (AvgIpc) is 0.806. The number of carboxylic acids is 11. The summed E-state index contributed by atoms with van der Waals surface area (Å²) in [6.45, 7) is 1.61. The van der Waals surface area contributed by atoms with E-state index in [2.05, 4.69) is 16.0 Å². The van der Waals surface area contributed by atoms with E-state index in [1.54, 1.807) is 63.7 Å². The number of amides is 3. The summed E-state index contributed by atoms with van der Waals surface area (Å²) in [5.41, 5.74) is -1.68. The minimum atomic E-state index is -1.68. The quantitative estimate of drug-likeness (QED) is 0.0269. The van der Waals surface area contributed by atoms with Crippen LogP contribution in [0.4, 0.5) is 0 Å². The van der Waals surface area contributed by atoms with Crippen LogP contribution in [0.5, 0.6) is 0 Å². The van der Waals surface area contributed by atoms with Crippen molar-refractivity contribution < 1.29 is 272 Å². The summed E-state index contributed by atoms with van der Waals surface area (Å²) in [5.74, 6) is -23.1. The number of hydrogen-bond donors (Lipinski definition) is 11. The van der Waals surface area contributed by atoms with Gasteiger partial charge >= 0.3 is 168 Å². The van der Waals surface area contributed by atoms with Gasteiger partial charge in [0.25, 0.3) is 0 Å². The van der Waals surface area contributed by atoms with Gasteiger partial charge in [0.2, 0.25) is 17.7 Å². The first-order chi connectivity index (χ1) is 64.6. The SMILES string of the molecule is CC(=O)CN1CCN(CC(=O)[O-])CCN(CC(=O)C(C)CC(=O)NCC(CCC(=O)CC(C)C(=O)CN2CCN(CC(=O)O)CCN(CC(=O)O)CCN(CC(=O)O)CC2)(CNC(=O)CC(C)C(=O)CN2CCN(CC(=O)[O-])CCN(CC(=O)[O-])CCN(CC(=O)O)CC2)CNC(=O)CC(C)C(=O)CN2CCN(CC(=O)O)CCN(CC(=O)O)CCN(CC(=O)O)CC2)CCN(CC(=O)O)CC1.[Gd+3].[Gd+3].[Gd+3]. The van der Waals surface area contributed by atoms with Crippen molar-refractivity contribution in [2.75, 3.05) is 334 Å². The van der Waals surface area contributed by atoms with Gasteiger partial charge in [-0.1, -0.05) is 27.7 Å². The van der Waals surface area contributed by atoms with Crippen LogP contribution in [-0.2, 0) is 95.9 Å². The Hall–Kier alpha value is -6.07. The van der Waals surface area contributed by atoms with Gasteiger partial charge in [0, 0.05) is 310 Å². The van der Waals surface area contributed by atoms with Gasteiger partial charge in [-0.05, 0) is 13.3 Å². The molecule has 5 atom stereocenters. The fourth-order valence-electron chi connectivity index (χ4n) is 16.4. The van der Waals surface area contributed by atoms with Crippen LogP contribution in [0.3, 0.4) is 0 Å². The van der Waals surface area contributed by atoms with Gasteiger partial charge < -0.3 is 86.5 Å². The molecular weight excluding hydrogens is 2280 g/mol. The molecule has 5 unspecified atom stereocenters. The van der Waals surface area contributed by atoms with Crippen LogP contribution in [0.25, 0.3) is 0 Å². The summed E-state index contributed by atoms with van der Waals surface area (Å²) in [7, 11) is 0. The molecule has 140 heavy (non-hydrogen) atoms. The normalized spacial score (nSPS) is 19.3. The summed E-state index contributed by atoms with van der Waals surface area (Å²) in [6, 6.07) is 0. The van der Waals surface area contributed by atoms with Crippen LogP contribution in [0.1, 0.15) is 73.1 Å². The molecule has 11 N–H and O–H groups in total. The monoisotopic (exact) mass is 2420 g/mol. The van der Waals surface area contributed by atoms with Crippen LogP contribution in [-0.4, -0.2) is 571 Å². The van der Waals surface area contributed by atoms with Crippen molar-refractivity contribution in [2.45, 2.75) is 73.1 Å². The number of Topliss-reactive ketones (excluding diaryl/α,β-unsaturated/α-hetero) is 6. The van der Waals surface area contributed by atoms with E-state index in [-0.39, 0.29) is 374 Å². The molecule has 4 rings (SSSR count). The zero-order chi connectivity index (χ0) is 102. The van der Waals surface area contributed by atoms with E-state index in [1.807, 2.05) is 0 Å². The fraction of sp³-hybridized carbons (Fsp3) is 0.770. The summed E-state index contributed by atoms with van der Waals surface area (Å²) in [6.07, 6.45) is -2.80. The van der Waals surface area contributed by atoms with Crippen molar-refractivity contribution in [3.05, 3.63) is 0 Å². The molecule has 0 bridgehead atoms. The van der Waals surface area contributed by atoms with Crippen LogP contribution >= 0.6 is 0 Å². The Morgan fingerprint density at radius 1 is 0.236 bits per heavy atom. The third kappa shape index (κ3) is 60.1. The van der Waals surface area contributed by atoms with E-state index in [4.69, 9.17) is 0 Å². The Labute approximate surface area is 911 Å². The molecule has 53 heteroatoms. The number of nitrogens with zero attached hydrogens (tertiary/aromatic N) is 16. The smallest absolute Gasteiger partial charge is 0.549 e. The van der Waals surface area contributed by atoms with Gasteiger partial charge in [-0.25, -0.2) is 0 Å². The molecule has 0 aliphatic carbocycles. The fourth-order valence-corrected chi connectivity index (χ4v) is 16.4. The number of nitrogens with one attached hydrogen (secondary N) is 3. The number of aliphatic carboxylic acids is 11. The van der Waals surface area contributed by atoms with E-state index in [1.165, 1.54) is 49.3 Å². The van der Waals surface area contributed by atoms with Gasteiger partial charge in [-0.2, -0.15) is 0 Å². The Balaban J connectivity index is 0.0000327. The Morgan fingerprint density at radius 3 is 0.529 bits per heavy atom. The number of carbonyl (C=O) groups excluding carboxylic acids is 12. The van der Waals surface area contributed by atoms with Crippen molar-refractivity contribution in [1.29, 1.82) is 0 Å². The maximum absolute atomic E-state index is 14.8. The molecule has 4 fully saturated rings. The first-order valence-corrected chi connectivity index (χ1v) is 46.4. The van der Waals surface area contributed by atoms with Gasteiger partial charge in [0.15, 0.2) is 0 Å². The molecule has 0 aromatic heterocycles. The maximum atomic E-state index is 14.8. The molecule has 3 amide bonds. The average molecular weight is 2420 g/mol. The summed E-state index contributed by atoms with van der Waals surface area (Å²) in [5, 5.41) is 123. The number of rotatable bonds is 53. The molecule has 0 aromatic rings. The van der Waals surface area contributed by atoms with E-state index in [0.717, 1.165) is 0 Å². The van der Waals surface area contributed by atoms with Crippen molar-refractivity contribution in [1.82, 2.24) is 94.3 Å². The van der Waals surface area contributed by atoms with Gasteiger partial charge in [0.05, 0.1) is 103 Å². The maximum Gasteiger partial charge on any atom is 3.00 e. The Kier molecular flexibility index (Phi) is 67.4. The third-order valence-corrected chi connectivity index (χ3v) is 24.7. The summed E-state index contributed by atoms with van der Waals surface area (Å²) >= 11 is 0. The third-order valence-electron chi connectivity index (χ3n) is 24.7. The molecule has 0 aromatic carbocycles.